The predicted molar refractivity (Wildman–Crippen MR) is 114 cm³/mol. The quantitative estimate of drug-likeness (QED) is 0.617. The van der Waals surface area contributed by atoms with Crippen LogP contribution in [0.25, 0.3) is 0 Å². The number of nitrogens with one attached hydrogen (secondary N) is 2. The molecule has 0 aliphatic rings. The number of hydrogen-bond donors (Lipinski definition) is 2. The van der Waals surface area contributed by atoms with Crippen molar-refractivity contribution in [1.82, 2.24) is 9.97 Å². The predicted octanol–water partition coefficient (Wildman–Crippen LogP) is 5.52. The second-order valence-corrected chi connectivity index (χ2v) is 7.39. The lowest BCUT2D eigenvalue weighted by molar-refractivity contribution is 0.102. The zero-order valence-corrected chi connectivity index (χ0v) is 17.0. The van der Waals surface area contributed by atoms with E-state index in [1.54, 1.807) is 12.4 Å². The van der Waals surface area contributed by atoms with Gasteiger partial charge in [-0.3, -0.25) is 4.79 Å². The van der Waals surface area contributed by atoms with Crippen molar-refractivity contribution in [2.45, 2.75) is 40.5 Å². The first-order valence-electron chi connectivity index (χ1n) is 9.42. The first-order chi connectivity index (χ1) is 13.3. The summed E-state index contributed by atoms with van der Waals surface area (Å²) in [4.78, 5) is 21.2. The van der Waals surface area contributed by atoms with E-state index in [1.807, 2.05) is 39.0 Å². The van der Waals surface area contributed by atoms with Gasteiger partial charge in [0.1, 0.15) is 0 Å². The van der Waals surface area contributed by atoms with E-state index in [0.29, 0.717) is 17.4 Å². The van der Waals surface area contributed by atoms with Gasteiger partial charge in [0.05, 0.1) is 5.56 Å². The molecule has 0 fully saturated rings. The highest BCUT2D eigenvalue weighted by molar-refractivity contribution is 6.04. The molecule has 5 heteroatoms. The molecule has 3 aromatic rings. The molecule has 3 rings (SSSR count). The van der Waals surface area contributed by atoms with Gasteiger partial charge in [0.15, 0.2) is 0 Å². The maximum atomic E-state index is 12.6. The first-order valence-corrected chi connectivity index (χ1v) is 9.42. The Morgan fingerprint density at radius 2 is 1.57 bits per heavy atom. The summed E-state index contributed by atoms with van der Waals surface area (Å²) >= 11 is 0. The summed E-state index contributed by atoms with van der Waals surface area (Å²) in [5, 5.41) is 6.22. The van der Waals surface area contributed by atoms with Crippen LogP contribution >= 0.6 is 0 Å². The summed E-state index contributed by atoms with van der Waals surface area (Å²) in [5.41, 5.74) is 6.67. The normalized spacial score (nSPS) is 10.8. The van der Waals surface area contributed by atoms with E-state index in [9.17, 15) is 4.79 Å². The smallest absolute Gasteiger partial charge is 0.258 e. The standard InChI is InChI=1S/C23H26N4O/c1-14(2)19-8-6-7-9-20(19)26-23-24-12-18(13-25-23)22(28)27-21-16(4)10-15(3)11-17(21)5/h6-14H,1-5H3,(H,27,28)(H,24,25,26). The number of para-hydroxylation sites is 1. The van der Waals surface area contributed by atoms with Crippen LogP contribution in [-0.4, -0.2) is 15.9 Å². The van der Waals surface area contributed by atoms with Crippen LogP contribution in [0.4, 0.5) is 17.3 Å². The zero-order chi connectivity index (χ0) is 20.3. The molecule has 28 heavy (non-hydrogen) atoms. The lowest BCUT2D eigenvalue weighted by Crippen LogP contribution is -2.15. The highest BCUT2D eigenvalue weighted by Gasteiger charge is 2.12. The average molecular weight is 374 g/mol. The summed E-state index contributed by atoms with van der Waals surface area (Å²) in [5.74, 6) is 0.631. The van der Waals surface area contributed by atoms with E-state index in [-0.39, 0.29) is 5.91 Å². The van der Waals surface area contributed by atoms with Crippen LogP contribution in [0, 0.1) is 20.8 Å². The van der Waals surface area contributed by atoms with Crippen LogP contribution in [0.1, 0.15) is 52.4 Å². The van der Waals surface area contributed by atoms with Gasteiger partial charge in [-0.05, 0) is 49.4 Å². The number of carbonyl (C=O) groups is 1. The van der Waals surface area contributed by atoms with Crippen molar-refractivity contribution in [1.29, 1.82) is 0 Å². The Kier molecular flexibility index (Phi) is 5.73. The molecule has 0 aliphatic carbocycles. The average Bonchev–Trinajstić information content (AvgIpc) is 2.65. The van der Waals surface area contributed by atoms with E-state index < -0.39 is 0 Å². The minimum Gasteiger partial charge on any atom is -0.324 e. The van der Waals surface area contributed by atoms with Crippen molar-refractivity contribution in [2.24, 2.45) is 0 Å². The molecule has 2 N–H and O–H groups in total. The van der Waals surface area contributed by atoms with E-state index in [4.69, 9.17) is 0 Å². The minimum absolute atomic E-state index is 0.218. The van der Waals surface area contributed by atoms with Gasteiger partial charge in [0.25, 0.3) is 5.91 Å². The molecule has 0 saturated heterocycles. The Morgan fingerprint density at radius 3 is 2.18 bits per heavy atom. The first kappa shape index (κ1) is 19.5. The number of benzene rings is 2. The summed E-state index contributed by atoms with van der Waals surface area (Å²) in [6.45, 7) is 10.3. The molecule has 5 nitrogen and oxygen atoms in total. The number of amides is 1. The molecule has 1 heterocycles. The number of carbonyl (C=O) groups excluding carboxylic acids is 1. The summed E-state index contributed by atoms with van der Waals surface area (Å²) in [6.07, 6.45) is 3.09. The van der Waals surface area contributed by atoms with Crippen molar-refractivity contribution in [2.75, 3.05) is 10.6 Å². The molecule has 1 aromatic heterocycles. The van der Waals surface area contributed by atoms with Crippen molar-refractivity contribution in [3.05, 3.63) is 76.6 Å². The van der Waals surface area contributed by atoms with Gasteiger partial charge < -0.3 is 10.6 Å². The van der Waals surface area contributed by atoms with Crippen LogP contribution in [0.15, 0.2) is 48.8 Å². The lowest BCUT2D eigenvalue weighted by atomic mass is 10.0. The molecule has 0 saturated carbocycles. The second-order valence-electron chi connectivity index (χ2n) is 7.39. The molecular formula is C23H26N4O. The van der Waals surface area contributed by atoms with Gasteiger partial charge in [0, 0.05) is 23.8 Å². The van der Waals surface area contributed by atoms with E-state index in [2.05, 4.69) is 52.6 Å². The van der Waals surface area contributed by atoms with Gasteiger partial charge in [-0.1, -0.05) is 49.7 Å². The van der Waals surface area contributed by atoms with Gasteiger partial charge >= 0.3 is 0 Å². The van der Waals surface area contributed by atoms with Crippen LogP contribution in [0.2, 0.25) is 0 Å². The van der Waals surface area contributed by atoms with Crippen molar-refractivity contribution >= 4 is 23.2 Å². The summed E-state index contributed by atoms with van der Waals surface area (Å²) in [6, 6.07) is 12.2. The van der Waals surface area contributed by atoms with E-state index >= 15 is 0 Å². The Hall–Kier alpha value is -3.21. The maximum absolute atomic E-state index is 12.6. The Morgan fingerprint density at radius 1 is 0.964 bits per heavy atom. The third-order valence-corrected chi connectivity index (χ3v) is 4.66. The highest BCUT2D eigenvalue weighted by atomic mass is 16.1. The second kappa shape index (κ2) is 8.21. The number of rotatable bonds is 5. The van der Waals surface area contributed by atoms with Gasteiger partial charge in [0.2, 0.25) is 5.95 Å². The zero-order valence-electron chi connectivity index (χ0n) is 17.0. The fourth-order valence-electron chi connectivity index (χ4n) is 3.31. The van der Waals surface area contributed by atoms with E-state index in [0.717, 1.165) is 22.5 Å². The number of anilines is 3. The highest BCUT2D eigenvalue weighted by Crippen LogP contribution is 2.26. The SMILES string of the molecule is Cc1cc(C)c(NC(=O)c2cnc(Nc3ccccc3C(C)C)nc2)c(C)c1. The Labute approximate surface area is 166 Å². The molecule has 0 aliphatic heterocycles. The maximum Gasteiger partial charge on any atom is 0.258 e. The van der Waals surface area contributed by atoms with Crippen LogP contribution < -0.4 is 10.6 Å². The lowest BCUT2D eigenvalue weighted by Gasteiger charge is -2.14. The van der Waals surface area contributed by atoms with Crippen molar-refractivity contribution in [3.8, 4) is 0 Å². The monoisotopic (exact) mass is 374 g/mol. The van der Waals surface area contributed by atoms with Gasteiger partial charge in [-0.25, -0.2) is 9.97 Å². The Bertz CT molecular complexity index is 971. The number of aromatic nitrogens is 2. The van der Waals surface area contributed by atoms with Gasteiger partial charge in [-0.15, -0.1) is 0 Å². The molecule has 0 radical (unpaired) electrons. The number of aryl methyl sites for hydroxylation is 3. The summed E-state index contributed by atoms with van der Waals surface area (Å²) < 4.78 is 0. The third kappa shape index (κ3) is 4.36. The molecular weight excluding hydrogens is 348 g/mol. The minimum atomic E-state index is -0.218. The van der Waals surface area contributed by atoms with Crippen molar-refractivity contribution < 1.29 is 4.79 Å². The summed E-state index contributed by atoms with van der Waals surface area (Å²) in [7, 11) is 0. The number of hydrogen-bond acceptors (Lipinski definition) is 4. The number of nitrogens with zero attached hydrogens (tertiary/aromatic N) is 2. The molecule has 0 atom stereocenters. The fraction of sp³-hybridized carbons (Fsp3) is 0.261. The Balaban J connectivity index is 1.75. The van der Waals surface area contributed by atoms with E-state index in [1.165, 1.54) is 11.1 Å². The topological polar surface area (TPSA) is 66.9 Å². The van der Waals surface area contributed by atoms with Gasteiger partial charge in [-0.2, -0.15) is 0 Å². The third-order valence-electron chi connectivity index (χ3n) is 4.66. The molecule has 0 spiro atoms. The van der Waals surface area contributed by atoms with Crippen LogP contribution in [0.5, 0.6) is 0 Å². The van der Waals surface area contributed by atoms with Crippen molar-refractivity contribution in [3.63, 3.8) is 0 Å². The molecule has 144 valence electrons. The molecule has 0 unspecified atom stereocenters. The fourth-order valence-corrected chi connectivity index (χ4v) is 3.31. The van der Waals surface area contributed by atoms with Crippen LogP contribution in [-0.2, 0) is 0 Å². The molecule has 0 bridgehead atoms. The molecule has 1 amide bonds. The molecule has 2 aromatic carbocycles. The van der Waals surface area contributed by atoms with Crippen LogP contribution in [0.3, 0.4) is 0 Å². The largest absolute Gasteiger partial charge is 0.324 e.